The molecule has 0 aliphatic carbocycles. The van der Waals surface area contributed by atoms with E-state index in [9.17, 15) is 9.59 Å². The number of anilines is 4. The summed E-state index contributed by atoms with van der Waals surface area (Å²) >= 11 is 0. The largest absolute Gasteiger partial charge is 0.494 e. The zero-order valence-corrected chi connectivity index (χ0v) is 24.7. The fraction of sp³-hybridized carbons (Fsp3) is 0.176. The van der Waals surface area contributed by atoms with Gasteiger partial charge in [-0.2, -0.15) is 4.98 Å². The van der Waals surface area contributed by atoms with Crippen LogP contribution in [0.1, 0.15) is 0 Å². The van der Waals surface area contributed by atoms with Crippen LogP contribution in [-0.4, -0.2) is 65.7 Å². The van der Waals surface area contributed by atoms with E-state index in [0.29, 0.717) is 45.4 Å². The van der Waals surface area contributed by atoms with E-state index < -0.39 is 0 Å². The maximum absolute atomic E-state index is 14.1. The van der Waals surface area contributed by atoms with Gasteiger partial charge in [-0.3, -0.25) is 14.2 Å². The molecule has 0 spiro atoms. The number of rotatable bonds is 8. The number of methoxy groups -OCH3 is 1. The highest BCUT2D eigenvalue weighted by atomic mass is 16.5. The van der Waals surface area contributed by atoms with Gasteiger partial charge in [0.1, 0.15) is 5.75 Å². The minimum Gasteiger partial charge on any atom is -0.494 e. The van der Waals surface area contributed by atoms with Gasteiger partial charge in [-0.25, -0.2) is 4.98 Å². The molecule has 3 heterocycles. The van der Waals surface area contributed by atoms with Crippen LogP contribution in [0.5, 0.6) is 5.75 Å². The molecule has 5 aromatic rings. The summed E-state index contributed by atoms with van der Waals surface area (Å²) in [6, 6.07) is 24.4. The first-order valence-electron chi connectivity index (χ1n) is 14.3. The average molecular weight is 588 g/mol. The molecule has 1 aliphatic rings. The zero-order chi connectivity index (χ0) is 30.6. The number of nitrogens with one attached hydrogen (secondary N) is 2. The molecule has 1 fully saturated rings. The molecule has 1 saturated heterocycles. The Morgan fingerprint density at radius 1 is 0.955 bits per heavy atom. The molecule has 10 heteroatoms. The maximum Gasteiger partial charge on any atom is 0.264 e. The summed E-state index contributed by atoms with van der Waals surface area (Å²) < 4.78 is 7.28. The second-order valence-electron chi connectivity index (χ2n) is 10.6. The van der Waals surface area contributed by atoms with Crippen molar-refractivity contribution in [1.82, 2.24) is 19.4 Å². The highest BCUT2D eigenvalue weighted by Crippen LogP contribution is 2.32. The first-order chi connectivity index (χ1) is 21.4. The quantitative estimate of drug-likeness (QED) is 0.243. The van der Waals surface area contributed by atoms with E-state index in [1.807, 2.05) is 48.5 Å². The molecule has 2 N–H and O–H groups in total. The first-order valence-corrected chi connectivity index (χ1v) is 14.3. The van der Waals surface area contributed by atoms with Gasteiger partial charge in [0.2, 0.25) is 11.9 Å². The Hall–Kier alpha value is -5.48. The second-order valence-corrected chi connectivity index (χ2v) is 10.6. The standard InChI is InChI=1S/C34H33N7O3/c1-4-31(42)36-25-11-8-12-27(20-25)41-32-24(19-28(33(41)43)23-9-6-5-7-10-23)22-35-34(38-32)37-29-14-13-26(21-30(29)44-3)40-17-15-39(2)16-18-40/h4-14,19-22H,1,15-18H2,2-3H3,(H,36,42)(H,35,37,38). The fourth-order valence-corrected chi connectivity index (χ4v) is 5.30. The Morgan fingerprint density at radius 2 is 1.75 bits per heavy atom. The van der Waals surface area contributed by atoms with Gasteiger partial charge in [0.15, 0.2) is 5.65 Å². The summed E-state index contributed by atoms with van der Waals surface area (Å²) in [6.07, 6.45) is 2.89. The van der Waals surface area contributed by atoms with Crippen LogP contribution in [-0.2, 0) is 4.79 Å². The summed E-state index contributed by atoms with van der Waals surface area (Å²) in [6.45, 7) is 7.42. The van der Waals surface area contributed by atoms with Gasteiger partial charge in [-0.1, -0.05) is 43.0 Å². The van der Waals surface area contributed by atoms with Crippen molar-refractivity contribution in [2.45, 2.75) is 0 Å². The topological polar surface area (TPSA) is 105 Å². The van der Waals surface area contributed by atoms with E-state index in [1.165, 1.54) is 6.08 Å². The molecule has 0 atom stereocenters. The first kappa shape index (κ1) is 28.6. The number of hydrogen-bond acceptors (Lipinski definition) is 8. The number of carbonyl (C=O) groups is 1. The van der Waals surface area contributed by atoms with Gasteiger partial charge >= 0.3 is 0 Å². The highest BCUT2D eigenvalue weighted by molar-refractivity contribution is 5.99. The third kappa shape index (κ3) is 5.88. The van der Waals surface area contributed by atoms with Crippen LogP contribution in [0.2, 0.25) is 0 Å². The molecule has 0 bridgehead atoms. The third-order valence-corrected chi connectivity index (χ3v) is 7.68. The second kappa shape index (κ2) is 12.4. The molecule has 10 nitrogen and oxygen atoms in total. The van der Waals surface area contributed by atoms with Crippen LogP contribution in [0.25, 0.3) is 27.8 Å². The van der Waals surface area contributed by atoms with E-state index >= 15 is 0 Å². The van der Waals surface area contributed by atoms with Crippen LogP contribution < -0.4 is 25.8 Å². The molecule has 0 saturated carbocycles. The van der Waals surface area contributed by atoms with Gasteiger partial charge in [0.05, 0.1) is 18.5 Å². The van der Waals surface area contributed by atoms with Crippen molar-refractivity contribution in [2.75, 3.05) is 55.9 Å². The third-order valence-electron chi connectivity index (χ3n) is 7.68. The molecule has 0 unspecified atom stereocenters. The van der Waals surface area contributed by atoms with Crippen molar-refractivity contribution in [3.63, 3.8) is 0 Å². The average Bonchev–Trinajstić information content (AvgIpc) is 3.05. The Balaban J connectivity index is 1.43. The number of likely N-dealkylation sites (N-methyl/N-ethyl adjacent to an activating group) is 1. The number of fused-ring (bicyclic) bond motifs is 1. The summed E-state index contributed by atoms with van der Waals surface area (Å²) in [5.74, 6) is 0.617. The molecule has 2 aromatic heterocycles. The number of piperazine rings is 1. The van der Waals surface area contributed by atoms with E-state index in [1.54, 1.807) is 42.1 Å². The molecular weight excluding hydrogens is 554 g/mol. The van der Waals surface area contributed by atoms with E-state index in [-0.39, 0.29) is 11.5 Å². The Morgan fingerprint density at radius 3 is 2.50 bits per heavy atom. The highest BCUT2D eigenvalue weighted by Gasteiger charge is 2.18. The van der Waals surface area contributed by atoms with Gasteiger partial charge in [-0.15, -0.1) is 0 Å². The van der Waals surface area contributed by atoms with Crippen LogP contribution >= 0.6 is 0 Å². The maximum atomic E-state index is 14.1. The summed E-state index contributed by atoms with van der Waals surface area (Å²) in [4.78, 5) is 40.2. The number of ether oxygens (including phenoxy) is 1. The minimum atomic E-state index is -0.348. The molecule has 1 aliphatic heterocycles. The summed E-state index contributed by atoms with van der Waals surface area (Å²) in [5, 5.41) is 6.72. The Labute approximate surface area is 255 Å². The molecular formula is C34H33N7O3. The van der Waals surface area contributed by atoms with Crippen LogP contribution in [0, 0.1) is 0 Å². The molecule has 1 amide bonds. The molecule has 222 valence electrons. The number of aromatic nitrogens is 3. The monoisotopic (exact) mass is 587 g/mol. The van der Waals surface area contributed by atoms with Crippen molar-refractivity contribution in [2.24, 2.45) is 0 Å². The van der Waals surface area contributed by atoms with Crippen LogP contribution in [0.15, 0.2) is 103 Å². The van der Waals surface area contributed by atoms with Gasteiger partial charge < -0.3 is 25.2 Å². The van der Waals surface area contributed by atoms with Crippen molar-refractivity contribution in [3.8, 4) is 22.6 Å². The summed E-state index contributed by atoms with van der Waals surface area (Å²) in [7, 11) is 3.77. The number of pyridine rings is 1. The molecule has 3 aromatic carbocycles. The lowest BCUT2D eigenvalue weighted by Gasteiger charge is -2.34. The Kier molecular flexibility index (Phi) is 8.07. The SMILES string of the molecule is C=CC(=O)Nc1cccc(-n2c(=O)c(-c3ccccc3)cc3cnc(Nc4ccc(N5CCN(C)CC5)cc4OC)nc32)c1. The fourth-order valence-electron chi connectivity index (χ4n) is 5.30. The lowest BCUT2D eigenvalue weighted by molar-refractivity contribution is -0.111. The van der Waals surface area contributed by atoms with Crippen molar-refractivity contribution in [3.05, 3.63) is 108 Å². The van der Waals surface area contributed by atoms with Gasteiger partial charge in [0.25, 0.3) is 5.56 Å². The van der Waals surface area contributed by atoms with Gasteiger partial charge in [-0.05, 0) is 55.1 Å². The molecule has 6 rings (SSSR count). The van der Waals surface area contributed by atoms with Crippen LogP contribution in [0.3, 0.4) is 0 Å². The lowest BCUT2D eigenvalue weighted by Crippen LogP contribution is -2.44. The summed E-state index contributed by atoms with van der Waals surface area (Å²) in [5.41, 5.74) is 4.29. The molecule has 0 radical (unpaired) electrons. The lowest BCUT2D eigenvalue weighted by atomic mass is 10.1. The van der Waals surface area contributed by atoms with Crippen LogP contribution in [0.4, 0.5) is 23.0 Å². The number of hydrogen-bond donors (Lipinski definition) is 2. The smallest absolute Gasteiger partial charge is 0.264 e. The normalized spacial score (nSPS) is 13.5. The van der Waals surface area contributed by atoms with E-state index in [0.717, 1.165) is 37.4 Å². The number of amides is 1. The van der Waals surface area contributed by atoms with Gasteiger partial charge in [0, 0.05) is 60.8 Å². The number of carbonyl (C=O) groups excluding carboxylic acids is 1. The number of nitrogens with zero attached hydrogens (tertiary/aromatic N) is 5. The minimum absolute atomic E-state index is 0.255. The zero-order valence-electron chi connectivity index (χ0n) is 24.7. The van der Waals surface area contributed by atoms with E-state index in [2.05, 4.69) is 45.1 Å². The predicted molar refractivity (Wildman–Crippen MR) is 175 cm³/mol. The molecule has 44 heavy (non-hydrogen) atoms. The van der Waals surface area contributed by atoms with Crippen molar-refractivity contribution < 1.29 is 9.53 Å². The van der Waals surface area contributed by atoms with Crippen molar-refractivity contribution >= 4 is 40.0 Å². The van der Waals surface area contributed by atoms with Crippen molar-refractivity contribution in [1.29, 1.82) is 0 Å². The van der Waals surface area contributed by atoms with E-state index in [4.69, 9.17) is 9.72 Å². The predicted octanol–water partition coefficient (Wildman–Crippen LogP) is 5.08. The number of benzene rings is 3. The Bertz CT molecular complexity index is 1900.